The van der Waals surface area contributed by atoms with Gasteiger partial charge < -0.3 is 9.72 Å². The van der Waals surface area contributed by atoms with Crippen LogP contribution in [0.2, 0.25) is 0 Å². The van der Waals surface area contributed by atoms with Crippen LogP contribution in [0.5, 0.6) is 5.75 Å². The van der Waals surface area contributed by atoms with Crippen molar-refractivity contribution >= 4 is 28.5 Å². The monoisotopic (exact) mass is 275 g/mol. The highest BCUT2D eigenvalue weighted by atomic mass is 16.5. The average molecular weight is 275 g/mol. The van der Waals surface area contributed by atoms with Crippen LogP contribution in [0.1, 0.15) is 16.7 Å². The first-order valence-electron chi connectivity index (χ1n) is 6.83. The maximum Gasteiger partial charge on any atom is 0.344 e. The lowest BCUT2D eigenvalue weighted by Crippen LogP contribution is -2.00. The maximum atomic E-state index is 12.1. The highest BCUT2D eigenvalue weighted by molar-refractivity contribution is 6.26. The molecule has 3 aromatic rings. The molecule has 0 spiro atoms. The van der Waals surface area contributed by atoms with E-state index in [2.05, 4.69) is 4.98 Å². The van der Waals surface area contributed by atoms with Gasteiger partial charge in [0.2, 0.25) is 0 Å². The zero-order chi connectivity index (χ0) is 14.4. The van der Waals surface area contributed by atoms with Gasteiger partial charge in [-0.3, -0.25) is 0 Å². The van der Waals surface area contributed by atoms with Crippen LogP contribution in [0.25, 0.3) is 22.6 Å². The van der Waals surface area contributed by atoms with Gasteiger partial charge in [0.15, 0.2) is 0 Å². The number of para-hydroxylation sites is 1. The minimum absolute atomic E-state index is 0.291. The van der Waals surface area contributed by atoms with Crippen molar-refractivity contribution in [2.45, 2.75) is 6.92 Å². The maximum absolute atomic E-state index is 12.1. The summed E-state index contributed by atoms with van der Waals surface area (Å²) in [7, 11) is 0. The number of hydrogen-bond acceptors (Lipinski definition) is 2. The van der Waals surface area contributed by atoms with Gasteiger partial charge in [-0.05, 0) is 31.2 Å². The molecule has 0 radical (unpaired) electrons. The van der Waals surface area contributed by atoms with Gasteiger partial charge in [-0.2, -0.15) is 0 Å². The van der Waals surface area contributed by atoms with Crippen LogP contribution in [0, 0.1) is 6.92 Å². The number of benzene rings is 2. The molecule has 1 aromatic heterocycles. The second-order valence-corrected chi connectivity index (χ2v) is 5.24. The van der Waals surface area contributed by atoms with Gasteiger partial charge in [-0.25, -0.2) is 4.79 Å². The number of nitrogens with one attached hydrogen (secondary N) is 1. The van der Waals surface area contributed by atoms with Crippen molar-refractivity contribution in [3.63, 3.8) is 0 Å². The molecule has 1 aliphatic heterocycles. The minimum Gasteiger partial charge on any atom is -0.422 e. The van der Waals surface area contributed by atoms with Gasteiger partial charge in [0.1, 0.15) is 5.75 Å². The lowest BCUT2D eigenvalue weighted by atomic mass is 10.0. The van der Waals surface area contributed by atoms with E-state index in [9.17, 15) is 4.79 Å². The first kappa shape index (κ1) is 12.0. The lowest BCUT2D eigenvalue weighted by Gasteiger charge is -1.98. The molecular formula is C18H13NO2. The van der Waals surface area contributed by atoms with Crippen molar-refractivity contribution in [1.82, 2.24) is 4.98 Å². The fourth-order valence-corrected chi connectivity index (χ4v) is 2.71. The Morgan fingerprint density at radius 2 is 2.00 bits per heavy atom. The van der Waals surface area contributed by atoms with Crippen molar-refractivity contribution in [3.8, 4) is 5.75 Å². The van der Waals surface area contributed by atoms with Crippen LogP contribution < -0.4 is 4.74 Å². The van der Waals surface area contributed by atoms with Gasteiger partial charge >= 0.3 is 5.97 Å². The van der Waals surface area contributed by atoms with Crippen LogP contribution in [0.3, 0.4) is 0 Å². The minimum atomic E-state index is -0.291. The molecule has 0 unspecified atom stereocenters. The van der Waals surface area contributed by atoms with Crippen molar-refractivity contribution in [1.29, 1.82) is 0 Å². The molecule has 2 heterocycles. The molecule has 0 saturated heterocycles. The summed E-state index contributed by atoms with van der Waals surface area (Å²) >= 11 is 0. The fraction of sp³-hybridized carbons (Fsp3) is 0.0556. The molecule has 0 aliphatic carbocycles. The summed E-state index contributed by atoms with van der Waals surface area (Å²) in [6.45, 7) is 2.01. The summed E-state index contributed by atoms with van der Waals surface area (Å²) in [5.41, 5.74) is 4.63. The van der Waals surface area contributed by atoms with E-state index >= 15 is 0 Å². The van der Waals surface area contributed by atoms with E-state index < -0.39 is 0 Å². The molecule has 2 aromatic carbocycles. The average Bonchev–Trinajstić information content (AvgIpc) is 3.02. The molecule has 0 fully saturated rings. The van der Waals surface area contributed by atoms with Crippen molar-refractivity contribution < 1.29 is 9.53 Å². The molecule has 1 N–H and O–H groups in total. The number of hydrogen-bond donors (Lipinski definition) is 1. The summed E-state index contributed by atoms with van der Waals surface area (Å²) in [5, 5.41) is 1.10. The van der Waals surface area contributed by atoms with Gasteiger partial charge in [0, 0.05) is 28.2 Å². The fourth-order valence-electron chi connectivity index (χ4n) is 2.71. The number of aryl methyl sites for hydroxylation is 1. The highest BCUT2D eigenvalue weighted by Gasteiger charge is 2.26. The number of H-pyrrole nitrogens is 1. The topological polar surface area (TPSA) is 42.1 Å². The van der Waals surface area contributed by atoms with Crippen molar-refractivity contribution in [3.05, 3.63) is 65.4 Å². The predicted octanol–water partition coefficient (Wildman–Crippen LogP) is 3.94. The molecule has 3 heteroatoms. The number of esters is 1. The Labute approximate surface area is 121 Å². The number of rotatable bonds is 1. The largest absolute Gasteiger partial charge is 0.422 e. The molecule has 3 nitrogen and oxygen atoms in total. The van der Waals surface area contributed by atoms with Crippen molar-refractivity contribution in [2.24, 2.45) is 0 Å². The van der Waals surface area contributed by atoms with Gasteiger partial charge in [0.25, 0.3) is 0 Å². The molecule has 0 bridgehead atoms. The Bertz CT molecular complexity index is 902. The second kappa shape index (κ2) is 4.35. The van der Waals surface area contributed by atoms with Crippen LogP contribution in [0.4, 0.5) is 0 Å². The molecular weight excluding hydrogens is 262 g/mol. The van der Waals surface area contributed by atoms with Gasteiger partial charge in [-0.1, -0.05) is 29.8 Å². The molecule has 21 heavy (non-hydrogen) atoms. The molecule has 0 atom stereocenters. The zero-order valence-electron chi connectivity index (χ0n) is 11.5. The molecule has 102 valence electrons. The predicted molar refractivity (Wildman–Crippen MR) is 83.0 cm³/mol. The summed E-state index contributed by atoms with van der Waals surface area (Å²) in [4.78, 5) is 15.3. The standard InChI is InChI=1S/C18H13NO2/c1-11-6-7-17-14(8-11)15(18(20)21-17)9-12-10-19-16-5-3-2-4-13(12)16/h2-10,19H,1H3/b15-9-. The number of ether oxygens (including phenoxy) is 1. The summed E-state index contributed by atoms with van der Waals surface area (Å²) in [6.07, 6.45) is 3.81. The number of fused-ring (bicyclic) bond motifs is 2. The van der Waals surface area contributed by atoms with E-state index in [1.54, 1.807) is 0 Å². The highest BCUT2D eigenvalue weighted by Crippen LogP contribution is 2.36. The van der Waals surface area contributed by atoms with Crippen LogP contribution >= 0.6 is 0 Å². The lowest BCUT2D eigenvalue weighted by molar-refractivity contribution is -0.126. The van der Waals surface area contributed by atoms with E-state index in [0.717, 1.165) is 27.6 Å². The Hall–Kier alpha value is -2.81. The molecule has 4 rings (SSSR count). The Kier molecular flexibility index (Phi) is 2.48. The SMILES string of the molecule is Cc1ccc2c(c1)/C(=C/c1c[nH]c3ccccc13)C(=O)O2. The van der Waals surface area contributed by atoms with Crippen LogP contribution in [-0.2, 0) is 4.79 Å². The second-order valence-electron chi connectivity index (χ2n) is 5.24. The summed E-state index contributed by atoms with van der Waals surface area (Å²) in [6, 6.07) is 13.8. The van der Waals surface area contributed by atoms with E-state index in [-0.39, 0.29) is 5.97 Å². The van der Waals surface area contributed by atoms with Crippen molar-refractivity contribution in [2.75, 3.05) is 0 Å². The quantitative estimate of drug-likeness (QED) is 0.415. The summed E-state index contributed by atoms with van der Waals surface area (Å²) in [5.74, 6) is 0.345. The molecule has 0 saturated carbocycles. The van der Waals surface area contributed by atoms with Gasteiger partial charge in [0.05, 0.1) is 5.57 Å². The van der Waals surface area contributed by atoms with E-state index in [1.807, 2.05) is 61.7 Å². The Morgan fingerprint density at radius 1 is 1.14 bits per heavy atom. The third-order valence-corrected chi connectivity index (χ3v) is 3.77. The van der Waals surface area contributed by atoms with E-state index in [1.165, 1.54) is 0 Å². The van der Waals surface area contributed by atoms with Gasteiger partial charge in [-0.15, -0.1) is 0 Å². The zero-order valence-corrected chi connectivity index (χ0v) is 11.5. The first-order chi connectivity index (χ1) is 10.2. The number of aromatic nitrogens is 1. The number of carbonyl (C=O) groups is 1. The number of aromatic amines is 1. The Balaban J connectivity index is 1.90. The third kappa shape index (κ3) is 1.86. The first-order valence-corrected chi connectivity index (χ1v) is 6.83. The van der Waals surface area contributed by atoms with E-state index in [4.69, 9.17) is 4.74 Å². The van der Waals surface area contributed by atoms with E-state index in [0.29, 0.717) is 11.3 Å². The molecule has 0 amide bonds. The van der Waals surface area contributed by atoms with Crippen LogP contribution in [-0.4, -0.2) is 11.0 Å². The smallest absolute Gasteiger partial charge is 0.344 e. The summed E-state index contributed by atoms with van der Waals surface area (Å²) < 4.78 is 5.32. The number of carbonyl (C=O) groups excluding carboxylic acids is 1. The van der Waals surface area contributed by atoms with Crippen LogP contribution in [0.15, 0.2) is 48.7 Å². The Morgan fingerprint density at radius 3 is 2.90 bits per heavy atom. The normalized spacial score (nSPS) is 15.5. The third-order valence-electron chi connectivity index (χ3n) is 3.77. The molecule has 1 aliphatic rings.